The molecule has 1 heterocycles. The fourth-order valence-corrected chi connectivity index (χ4v) is 5.38. The summed E-state index contributed by atoms with van der Waals surface area (Å²) in [5.74, 6) is 0.456. The highest BCUT2D eigenvalue weighted by Crippen LogP contribution is 2.30. The summed E-state index contributed by atoms with van der Waals surface area (Å²) < 4.78 is 0. The highest BCUT2D eigenvalue weighted by Gasteiger charge is 2.17. The Kier molecular flexibility index (Phi) is 5.98. The van der Waals surface area contributed by atoms with Crippen molar-refractivity contribution in [1.29, 1.82) is 0 Å². The smallest absolute Gasteiger partial charge is 0.126 e. The van der Waals surface area contributed by atoms with Crippen molar-refractivity contribution >= 4 is 24.9 Å². The molecule has 0 aliphatic carbocycles. The number of nitrogens with zero attached hydrogens (tertiary/aromatic N) is 1. The maximum absolute atomic E-state index is 11.0. The molecule has 1 fully saturated rings. The minimum absolute atomic E-state index is 0.456. The molecule has 3 aromatic rings. The van der Waals surface area contributed by atoms with Crippen molar-refractivity contribution in [2.45, 2.75) is 32.6 Å². The zero-order chi connectivity index (χ0) is 19.3. The summed E-state index contributed by atoms with van der Waals surface area (Å²) in [7, 11) is 0.463. The van der Waals surface area contributed by atoms with E-state index in [0.29, 0.717) is 14.3 Å². The number of phenols is 1. The summed E-state index contributed by atoms with van der Waals surface area (Å²) in [5.41, 5.74) is 4.90. The van der Waals surface area contributed by atoms with Crippen molar-refractivity contribution in [2.24, 2.45) is 0 Å². The number of piperidine rings is 1. The molecule has 3 heteroatoms. The van der Waals surface area contributed by atoms with Gasteiger partial charge in [0.15, 0.2) is 0 Å². The van der Waals surface area contributed by atoms with Crippen LogP contribution >= 0.6 is 8.58 Å². The Hall–Kier alpha value is -2.31. The molecule has 2 nitrogen and oxygen atoms in total. The van der Waals surface area contributed by atoms with Gasteiger partial charge in [0.05, 0.1) is 0 Å². The topological polar surface area (TPSA) is 23.5 Å². The number of anilines is 1. The number of rotatable bonds is 5. The summed E-state index contributed by atoms with van der Waals surface area (Å²) in [6.45, 7) is 4.47. The maximum atomic E-state index is 11.0. The number of para-hydroxylation sites is 1. The van der Waals surface area contributed by atoms with Crippen LogP contribution in [0, 0.1) is 6.92 Å². The molecular formula is C25H28NOP. The molecule has 1 aliphatic rings. The first-order chi connectivity index (χ1) is 13.7. The van der Waals surface area contributed by atoms with E-state index in [9.17, 15) is 5.11 Å². The minimum atomic E-state index is 0.456. The summed E-state index contributed by atoms with van der Waals surface area (Å²) in [5, 5.41) is 13.4. The van der Waals surface area contributed by atoms with Gasteiger partial charge in [-0.15, -0.1) is 0 Å². The SMILES string of the molecule is Cc1cccc(N2CCCCC2)c1Pc1cccc(Cc2ccccc2)c1O. The molecule has 1 unspecified atom stereocenters. The monoisotopic (exact) mass is 389 g/mol. The summed E-state index contributed by atoms with van der Waals surface area (Å²) in [6.07, 6.45) is 4.64. The van der Waals surface area contributed by atoms with Crippen molar-refractivity contribution in [3.05, 3.63) is 83.4 Å². The quantitative estimate of drug-likeness (QED) is 0.627. The lowest BCUT2D eigenvalue weighted by Gasteiger charge is -2.31. The Balaban J connectivity index is 1.64. The Morgan fingerprint density at radius 1 is 0.857 bits per heavy atom. The van der Waals surface area contributed by atoms with Crippen molar-refractivity contribution < 1.29 is 5.11 Å². The first kappa shape index (κ1) is 19.0. The molecule has 144 valence electrons. The number of phenolic OH excluding ortho intramolecular Hbond substituents is 1. The van der Waals surface area contributed by atoms with E-state index < -0.39 is 0 Å². The predicted octanol–water partition coefficient (Wildman–Crippen LogP) is 4.91. The lowest BCUT2D eigenvalue weighted by Crippen LogP contribution is -2.33. The van der Waals surface area contributed by atoms with E-state index in [1.165, 1.54) is 41.4 Å². The molecule has 1 atom stereocenters. The van der Waals surface area contributed by atoms with Gasteiger partial charge in [-0.2, -0.15) is 0 Å². The predicted molar refractivity (Wildman–Crippen MR) is 122 cm³/mol. The number of benzene rings is 3. The molecule has 0 radical (unpaired) electrons. The van der Waals surface area contributed by atoms with Crippen LogP contribution in [-0.4, -0.2) is 18.2 Å². The van der Waals surface area contributed by atoms with Gasteiger partial charge in [0.25, 0.3) is 0 Å². The van der Waals surface area contributed by atoms with Gasteiger partial charge in [-0.3, -0.25) is 0 Å². The number of hydrogen-bond donors (Lipinski definition) is 1. The normalized spacial score (nSPS) is 14.7. The molecule has 0 bridgehead atoms. The maximum Gasteiger partial charge on any atom is 0.126 e. The van der Waals surface area contributed by atoms with E-state index in [-0.39, 0.29) is 0 Å². The van der Waals surface area contributed by atoms with Crippen molar-refractivity contribution in [3.8, 4) is 5.75 Å². The van der Waals surface area contributed by atoms with Crippen molar-refractivity contribution in [3.63, 3.8) is 0 Å². The third-order valence-electron chi connectivity index (χ3n) is 5.56. The average Bonchev–Trinajstić information content (AvgIpc) is 2.73. The third kappa shape index (κ3) is 4.23. The Labute approximate surface area is 170 Å². The van der Waals surface area contributed by atoms with Gasteiger partial charge in [-0.05, 0) is 48.9 Å². The zero-order valence-corrected chi connectivity index (χ0v) is 17.5. The first-order valence-corrected chi connectivity index (χ1v) is 11.2. The van der Waals surface area contributed by atoms with E-state index in [0.717, 1.165) is 30.4 Å². The van der Waals surface area contributed by atoms with Gasteiger partial charge >= 0.3 is 0 Å². The molecule has 1 N–H and O–H groups in total. The summed E-state index contributed by atoms with van der Waals surface area (Å²) >= 11 is 0. The Bertz CT molecular complexity index is 933. The second-order valence-corrected chi connectivity index (χ2v) is 8.91. The van der Waals surface area contributed by atoms with Crippen LogP contribution in [0.5, 0.6) is 5.75 Å². The van der Waals surface area contributed by atoms with Gasteiger partial charge in [-0.1, -0.05) is 69.2 Å². The van der Waals surface area contributed by atoms with E-state index in [4.69, 9.17) is 0 Å². The first-order valence-electron chi connectivity index (χ1n) is 10.2. The molecule has 4 rings (SSSR count). The van der Waals surface area contributed by atoms with Gasteiger partial charge in [0.2, 0.25) is 0 Å². The van der Waals surface area contributed by atoms with Crippen LogP contribution in [0.4, 0.5) is 5.69 Å². The van der Waals surface area contributed by atoms with E-state index in [2.05, 4.69) is 66.4 Å². The second kappa shape index (κ2) is 8.80. The van der Waals surface area contributed by atoms with Crippen LogP contribution in [0.1, 0.15) is 36.0 Å². The highest BCUT2D eigenvalue weighted by molar-refractivity contribution is 7.56. The van der Waals surface area contributed by atoms with Crippen LogP contribution in [0.25, 0.3) is 0 Å². The Morgan fingerprint density at radius 2 is 1.61 bits per heavy atom. The fourth-order valence-electron chi connectivity index (χ4n) is 4.00. The molecule has 28 heavy (non-hydrogen) atoms. The van der Waals surface area contributed by atoms with Gasteiger partial charge in [-0.25, -0.2) is 0 Å². The van der Waals surface area contributed by atoms with Gasteiger partial charge in [0, 0.05) is 35.8 Å². The number of aryl methyl sites for hydroxylation is 1. The number of aromatic hydroxyl groups is 1. The summed E-state index contributed by atoms with van der Waals surface area (Å²) in [6, 6.07) is 23.2. The largest absolute Gasteiger partial charge is 0.507 e. The van der Waals surface area contributed by atoms with Gasteiger partial charge in [0.1, 0.15) is 5.75 Å². The molecule has 0 aromatic heterocycles. The average molecular weight is 389 g/mol. The van der Waals surface area contributed by atoms with Crippen LogP contribution in [0.15, 0.2) is 66.7 Å². The molecule has 3 aromatic carbocycles. The van der Waals surface area contributed by atoms with Crippen molar-refractivity contribution in [1.82, 2.24) is 0 Å². The number of hydrogen-bond acceptors (Lipinski definition) is 2. The molecule has 0 saturated carbocycles. The Morgan fingerprint density at radius 3 is 2.39 bits per heavy atom. The van der Waals surface area contributed by atoms with Crippen LogP contribution < -0.4 is 15.5 Å². The lowest BCUT2D eigenvalue weighted by atomic mass is 10.0. The lowest BCUT2D eigenvalue weighted by molar-refractivity contribution is 0.474. The van der Waals surface area contributed by atoms with E-state index in [1.54, 1.807) is 0 Å². The molecular weight excluding hydrogens is 361 g/mol. The second-order valence-electron chi connectivity index (χ2n) is 7.62. The standard InChI is InChI=1S/C25H28NOP/c1-19-10-8-14-22(26-16-6-3-7-17-26)25(19)28-23-15-9-13-21(24(23)27)18-20-11-4-2-5-12-20/h2,4-5,8-15,27-28H,3,6-7,16-18H2,1H3. The molecule has 0 spiro atoms. The molecule has 1 aliphatic heterocycles. The van der Waals surface area contributed by atoms with Crippen LogP contribution in [0.2, 0.25) is 0 Å². The highest BCUT2D eigenvalue weighted by atomic mass is 31.1. The van der Waals surface area contributed by atoms with Crippen LogP contribution in [0.3, 0.4) is 0 Å². The zero-order valence-electron chi connectivity index (χ0n) is 16.5. The van der Waals surface area contributed by atoms with Crippen molar-refractivity contribution in [2.75, 3.05) is 18.0 Å². The third-order valence-corrected chi connectivity index (χ3v) is 7.14. The van der Waals surface area contributed by atoms with Crippen LogP contribution in [-0.2, 0) is 6.42 Å². The van der Waals surface area contributed by atoms with Gasteiger partial charge < -0.3 is 10.0 Å². The molecule has 0 amide bonds. The fraction of sp³-hybridized carbons (Fsp3) is 0.280. The van der Waals surface area contributed by atoms with E-state index >= 15 is 0 Å². The summed E-state index contributed by atoms with van der Waals surface area (Å²) in [4.78, 5) is 2.53. The van der Waals surface area contributed by atoms with E-state index in [1.807, 2.05) is 12.1 Å². The minimum Gasteiger partial charge on any atom is -0.507 e. The molecule has 1 saturated heterocycles.